The Morgan fingerprint density at radius 2 is 1.48 bits per heavy atom. The Kier molecular flexibility index (Phi) is 6.46. The highest BCUT2D eigenvalue weighted by Crippen LogP contribution is 2.08. The Balaban J connectivity index is 1.70. The maximum atomic E-state index is 12.0. The van der Waals surface area contributed by atoms with E-state index < -0.39 is 5.97 Å². The minimum absolute atomic E-state index is 0.0422. The van der Waals surface area contributed by atoms with Crippen molar-refractivity contribution in [3.05, 3.63) is 70.8 Å². The van der Waals surface area contributed by atoms with E-state index in [2.05, 4.69) is 5.32 Å². The molecule has 0 aliphatic rings. The van der Waals surface area contributed by atoms with Crippen molar-refractivity contribution in [1.82, 2.24) is 5.32 Å². The summed E-state index contributed by atoms with van der Waals surface area (Å²) in [4.78, 5) is 34.6. The molecule has 0 aromatic heterocycles. The molecule has 0 fully saturated rings. The lowest BCUT2D eigenvalue weighted by Crippen LogP contribution is -2.26. The van der Waals surface area contributed by atoms with Gasteiger partial charge >= 0.3 is 5.97 Å². The van der Waals surface area contributed by atoms with E-state index in [0.29, 0.717) is 18.5 Å². The molecule has 0 bridgehead atoms. The highest BCUT2D eigenvalue weighted by atomic mass is 16.4. The van der Waals surface area contributed by atoms with Crippen LogP contribution in [0, 0.1) is 6.92 Å². The molecule has 0 aliphatic carbocycles. The Hall–Kier alpha value is -2.95. The number of hydrogen-bond donors (Lipinski definition) is 2. The van der Waals surface area contributed by atoms with E-state index in [1.807, 2.05) is 19.1 Å². The molecule has 0 unspecified atom stereocenters. The summed E-state index contributed by atoms with van der Waals surface area (Å²) >= 11 is 0. The number of rotatable bonds is 8. The Morgan fingerprint density at radius 3 is 2.08 bits per heavy atom. The zero-order chi connectivity index (χ0) is 18.2. The van der Waals surface area contributed by atoms with Gasteiger partial charge in [0, 0.05) is 24.9 Å². The van der Waals surface area contributed by atoms with Gasteiger partial charge < -0.3 is 10.4 Å². The topological polar surface area (TPSA) is 83.5 Å². The van der Waals surface area contributed by atoms with Crippen LogP contribution < -0.4 is 5.32 Å². The van der Waals surface area contributed by atoms with Crippen LogP contribution in [-0.2, 0) is 11.2 Å². The molecule has 0 aliphatic heterocycles. The summed E-state index contributed by atoms with van der Waals surface area (Å²) in [5.41, 5.74) is 2.89. The van der Waals surface area contributed by atoms with Gasteiger partial charge in [-0.2, -0.15) is 0 Å². The van der Waals surface area contributed by atoms with Gasteiger partial charge in [-0.05, 0) is 31.0 Å². The minimum atomic E-state index is -0.960. The van der Waals surface area contributed by atoms with Crippen molar-refractivity contribution in [2.45, 2.75) is 26.2 Å². The second-order valence-corrected chi connectivity index (χ2v) is 5.89. The highest BCUT2D eigenvalue weighted by molar-refractivity contribution is 5.97. The SMILES string of the molecule is Cc1ccc(C(=O)CCC(=O)NCCc2ccc(C(=O)O)cc2)cc1. The molecule has 0 saturated carbocycles. The first-order valence-corrected chi connectivity index (χ1v) is 8.14. The molecule has 2 aromatic rings. The lowest BCUT2D eigenvalue weighted by atomic mass is 10.0. The summed E-state index contributed by atoms with van der Waals surface area (Å²) in [6, 6.07) is 13.9. The number of carboxylic acids is 1. The number of carboxylic acid groups (broad SMARTS) is 1. The van der Waals surface area contributed by atoms with Crippen molar-refractivity contribution in [1.29, 1.82) is 0 Å². The van der Waals surface area contributed by atoms with Gasteiger partial charge in [0.25, 0.3) is 0 Å². The van der Waals surface area contributed by atoms with Gasteiger partial charge in [-0.15, -0.1) is 0 Å². The van der Waals surface area contributed by atoms with Gasteiger partial charge in [0.15, 0.2) is 5.78 Å². The fourth-order valence-electron chi connectivity index (χ4n) is 2.36. The van der Waals surface area contributed by atoms with Crippen molar-refractivity contribution in [3.63, 3.8) is 0 Å². The summed E-state index contributed by atoms with van der Waals surface area (Å²) in [5, 5.41) is 11.6. The average Bonchev–Trinajstić information content (AvgIpc) is 2.60. The Bertz CT molecular complexity index is 748. The maximum absolute atomic E-state index is 12.0. The first-order chi connectivity index (χ1) is 12.0. The standard InChI is InChI=1S/C20H21NO4/c1-14-2-6-16(7-3-14)18(22)10-11-19(23)21-13-12-15-4-8-17(9-5-15)20(24)25/h2-9H,10-13H2,1H3,(H,21,23)(H,24,25). The highest BCUT2D eigenvalue weighted by Gasteiger charge is 2.09. The monoisotopic (exact) mass is 339 g/mol. The number of Topliss-reactive ketones (excluding diaryl/α,β-unsaturated/α-hetero) is 1. The molecule has 0 radical (unpaired) electrons. The fourth-order valence-corrected chi connectivity index (χ4v) is 2.36. The number of aromatic carboxylic acids is 1. The molecule has 0 atom stereocenters. The van der Waals surface area contributed by atoms with Crippen LogP contribution in [0.25, 0.3) is 0 Å². The Labute approximate surface area is 146 Å². The summed E-state index contributed by atoms with van der Waals surface area (Å²) in [5.74, 6) is -1.17. The molecule has 5 heteroatoms. The first-order valence-electron chi connectivity index (χ1n) is 8.14. The van der Waals surface area contributed by atoms with E-state index in [9.17, 15) is 14.4 Å². The lowest BCUT2D eigenvalue weighted by Gasteiger charge is -2.06. The second-order valence-electron chi connectivity index (χ2n) is 5.89. The van der Waals surface area contributed by atoms with Crippen LogP contribution in [-0.4, -0.2) is 29.3 Å². The molecule has 0 heterocycles. The largest absolute Gasteiger partial charge is 0.478 e. The number of hydrogen-bond acceptors (Lipinski definition) is 3. The predicted octanol–water partition coefficient (Wildman–Crippen LogP) is 3.02. The molecule has 0 spiro atoms. The third-order valence-corrected chi connectivity index (χ3v) is 3.89. The van der Waals surface area contributed by atoms with Crippen molar-refractivity contribution < 1.29 is 19.5 Å². The van der Waals surface area contributed by atoms with Crippen LogP contribution in [0.15, 0.2) is 48.5 Å². The number of benzene rings is 2. The summed E-state index contributed by atoms with van der Waals surface area (Å²) in [6.07, 6.45) is 0.949. The number of carbonyl (C=O) groups excluding carboxylic acids is 2. The van der Waals surface area contributed by atoms with Crippen LogP contribution in [0.3, 0.4) is 0 Å². The van der Waals surface area contributed by atoms with Crippen molar-refractivity contribution in [3.8, 4) is 0 Å². The van der Waals surface area contributed by atoms with Crippen molar-refractivity contribution in [2.75, 3.05) is 6.54 Å². The molecule has 25 heavy (non-hydrogen) atoms. The van der Waals surface area contributed by atoms with E-state index in [0.717, 1.165) is 11.1 Å². The van der Waals surface area contributed by atoms with E-state index in [-0.39, 0.29) is 30.1 Å². The van der Waals surface area contributed by atoms with Crippen LogP contribution in [0.2, 0.25) is 0 Å². The Morgan fingerprint density at radius 1 is 0.880 bits per heavy atom. The van der Waals surface area contributed by atoms with Gasteiger partial charge in [-0.1, -0.05) is 42.0 Å². The number of ketones is 1. The lowest BCUT2D eigenvalue weighted by molar-refractivity contribution is -0.121. The van der Waals surface area contributed by atoms with Crippen molar-refractivity contribution >= 4 is 17.7 Å². The molecular formula is C20H21NO4. The average molecular weight is 339 g/mol. The normalized spacial score (nSPS) is 10.3. The van der Waals surface area contributed by atoms with E-state index in [1.165, 1.54) is 0 Å². The van der Waals surface area contributed by atoms with Crippen LogP contribution in [0.5, 0.6) is 0 Å². The minimum Gasteiger partial charge on any atom is -0.478 e. The van der Waals surface area contributed by atoms with E-state index in [1.54, 1.807) is 36.4 Å². The van der Waals surface area contributed by atoms with Crippen LogP contribution in [0.4, 0.5) is 0 Å². The van der Waals surface area contributed by atoms with Gasteiger partial charge in [-0.3, -0.25) is 9.59 Å². The van der Waals surface area contributed by atoms with Crippen LogP contribution in [0.1, 0.15) is 44.7 Å². The van der Waals surface area contributed by atoms with Gasteiger partial charge in [0.05, 0.1) is 5.56 Å². The number of nitrogens with one attached hydrogen (secondary N) is 1. The zero-order valence-corrected chi connectivity index (χ0v) is 14.1. The molecule has 5 nitrogen and oxygen atoms in total. The quantitative estimate of drug-likeness (QED) is 0.724. The number of amides is 1. The second kappa shape index (κ2) is 8.78. The van der Waals surface area contributed by atoms with E-state index >= 15 is 0 Å². The molecular weight excluding hydrogens is 318 g/mol. The predicted molar refractivity (Wildman–Crippen MR) is 94.9 cm³/mol. The van der Waals surface area contributed by atoms with Crippen molar-refractivity contribution in [2.24, 2.45) is 0 Å². The van der Waals surface area contributed by atoms with Gasteiger partial charge in [0.1, 0.15) is 0 Å². The smallest absolute Gasteiger partial charge is 0.335 e. The first kappa shape index (κ1) is 18.4. The molecule has 0 saturated heterocycles. The fraction of sp³-hybridized carbons (Fsp3) is 0.250. The third kappa shape index (κ3) is 5.88. The number of aryl methyl sites for hydroxylation is 1. The summed E-state index contributed by atoms with van der Waals surface area (Å²) in [7, 11) is 0. The molecule has 2 N–H and O–H groups in total. The third-order valence-electron chi connectivity index (χ3n) is 3.89. The van der Waals surface area contributed by atoms with Gasteiger partial charge in [-0.25, -0.2) is 4.79 Å². The maximum Gasteiger partial charge on any atom is 0.335 e. The molecule has 1 amide bonds. The van der Waals surface area contributed by atoms with Crippen LogP contribution >= 0.6 is 0 Å². The summed E-state index contributed by atoms with van der Waals surface area (Å²) < 4.78 is 0. The number of carbonyl (C=O) groups is 3. The zero-order valence-electron chi connectivity index (χ0n) is 14.1. The van der Waals surface area contributed by atoms with E-state index in [4.69, 9.17) is 5.11 Å². The molecule has 2 aromatic carbocycles. The summed E-state index contributed by atoms with van der Waals surface area (Å²) in [6.45, 7) is 2.40. The molecule has 2 rings (SSSR count). The van der Waals surface area contributed by atoms with Gasteiger partial charge in [0.2, 0.25) is 5.91 Å². The molecule has 130 valence electrons.